The highest BCUT2D eigenvalue weighted by Crippen LogP contribution is 2.34. The maximum atomic E-state index is 12.4. The number of hydrogen-bond donors (Lipinski definition) is 0. The third kappa shape index (κ3) is 4.70. The molecule has 148 valence electrons. The van der Waals surface area contributed by atoms with Crippen LogP contribution in [0.1, 0.15) is 46.2 Å². The van der Waals surface area contributed by atoms with Crippen LogP contribution in [0.3, 0.4) is 0 Å². The third-order valence-electron chi connectivity index (χ3n) is 4.85. The van der Waals surface area contributed by atoms with Gasteiger partial charge in [-0.3, -0.25) is 4.79 Å². The average molecular weight is 375 g/mol. The number of rotatable bonds is 5. The van der Waals surface area contributed by atoms with Gasteiger partial charge in [0.25, 0.3) is 0 Å². The van der Waals surface area contributed by atoms with Crippen LogP contribution in [-0.2, 0) is 20.7 Å². The first kappa shape index (κ1) is 19.5. The number of aryl methyl sites for hydroxylation is 1. The summed E-state index contributed by atoms with van der Waals surface area (Å²) in [7, 11) is 0. The van der Waals surface area contributed by atoms with Crippen molar-refractivity contribution in [2.45, 2.75) is 64.6 Å². The predicted molar refractivity (Wildman–Crippen MR) is 102 cm³/mol. The van der Waals surface area contributed by atoms with E-state index >= 15 is 0 Å². The smallest absolute Gasteiger partial charge is 0.410 e. The molecule has 3 rings (SSSR count). The number of anilines is 1. The van der Waals surface area contributed by atoms with Crippen molar-refractivity contribution < 1.29 is 19.1 Å². The van der Waals surface area contributed by atoms with Crippen LogP contribution in [0.2, 0.25) is 0 Å². The molecule has 2 atom stereocenters. The van der Waals surface area contributed by atoms with Gasteiger partial charge >= 0.3 is 12.1 Å². The van der Waals surface area contributed by atoms with E-state index in [-0.39, 0.29) is 24.1 Å². The van der Waals surface area contributed by atoms with Gasteiger partial charge in [0.2, 0.25) is 0 Å². The second-order valence-corrected chi connectivity index (χ2v) is 8.12. The van der Waals surface area contributed by atoms with Crippen molar-refractivity contribution in [3.05, 3.63) is 23.9 Å². The van der Waals surface area contributed by atoms with E-state index in [0.29, 0.717) is 26.0 Å². The highest BCUT2D eigenvalue weighted by Gasteiger charge is 2.46. The van der Waals surface area contributed by atoms with Crippen molar-refractivity contribution in [2.75, 3.05) is 24.6 Å². The first-order chi connectivity index (χ1) is 12.8. The predicted octanol–water partition coefficient (Wildman–Crippen LogP) is 2.78. The Morgan fingerprint density at radius 2 is 2.00 bits per heavy atom. The summed E-state index contributed by atoms with van der Waals surface area (Å²) in [4.78, 5) is 32.8. The van der Waals surface area contributed by atoms with Crippen molar-refractivity contribution in [1.82, 2.24) is 9.88 Å². The molecular formula is C20H29N3O4. The van der Waals surface area contributed by atoms with Gasteiger partial charge in [0.15, 0.2) is 0 Å². The molecule has 2 aliphatic heterocycles. The fraction of sp³-hybridized carbons (Fsp3) is 0.650. The summed E-state index contributed by atoms with van der Waals surface area (Å²) in [6, 6.07) is 6.32. The molecule has 2 saturated heterocycles. The van der Waals surface area contributed by atoms with Crippen LogP contribution >= 0.6 is 0 Å². The largest absolute Gasteiger partial charge is 0.466 e. The molecule has 0 saturated carbocycles. The Bertz CT molecular complexity index is 701. The van der Waals surface area contributed by atoms with Gasteiger partial charge in [-0.1, -0.05) is 6.07 Å². The minimum atomic E-state index is -0.479. The van der Waals surface area contributed by atoms with Crippen LogP contribution in [-0.4, -0.2) is 59.3 Å². The Morgan fingerprint density at radius 1 is 1.22 bits per heavy atom. The molecule has 2 aliphatic rings. The summed E-state index contributed by atoms with van der Waals surface area (Å²) in [5, 5.41) is 0. The molecule has 0 aromatic carbocycles. The summed E-state index contributed by atoms with van der Waals surface area (Å²) < 4.78 is 10.5. The Kier molecular flexibility index (Phi) is 5.58. The molecule has 2 bridgehead atoms. The fourth-order valence-corrected chi connectivity index (χ4v) is 3.72. The summed E-state index contributed by atoms with van der Waals surface area (Å²) in [6.45, 7) is 9.29. The zero-order valence-corrected chi connectivity index (χ0v) is 16.6. The molecule has 2 fully saturated rings. The van der Waals surface area contributed by atoms with Gasteiger partial charge in [-0.15, -0.1) is 0 Å². The second-order valence-electron chi connectivity index (χ2n) is 8.12. The lowest BCUT2D eigenvalue weighted by atomic mass is 10.2. The van der Waals surface area contributed by atoms with Crippen LogP contribution < -0.4 is 4.90 Å². The minimum absolute atomic E-state index is 0.162. The number of carbonyl (C=O) groups is 2. The molecule has 7 heteroatoms. The van der Waals surface area contributed by atoms with Gasteiger partial charge in [-0.25, -0.2) is 9.78 Å². The number of piperazine rings is 1. The SMILES string of the molecule is CCOC(=O)CCc1cccc(N2CC3CC2CN3C(=O)OC(C)(C)C)n1. The molecule has 0 N–H and O–H groups in total. The van der Waals surface area contributed by atoms with E-state index in [1.54, 1.807) is 6.92 Å². The highest BCUT2D eigenvalue weighted by molar-refractivity contribution is 5.70. The molecule has 0 spiro atoms. The van der Waals surface area contributed by atoms with Gasteiger partial charge in [0, 0.05) is 25.2 Å². The van der Waals surface area contributed by atoms with Crippen molar-refractivity contribution in [3.63, 3.8) is 0 Å². The standard InChI is InChI=1S/C20H29N3O4/c1-5-26-18(24)10-9-14-7-6-8-17(21-14)22-12-16-11-15(22)13-23(16)19(25)27-20(2,3)4/h6-8,15-16H,5,9-13H2,1-4H3. The zero-order chi connectivity index (χ0) is 19.6. The molecule has 1 amide bonds. The summed E-state index contributed by atoms with van der Waals surface area (Å²) >= 11 is 0. The van der Waals surface area contributed by atoms with Crippen LogP contribution in [0.4, 0.5) is 10.6 Å². The van der Waals surface area contributed by atoms with E-state index in [0.717, 1.165) is 24.5 Å². The Morgan fingerprint density at radius 3 is 2.63 bits per heavy atom. The zero-order valence-electron chi connectivity index (χ0n) is 16.6. The van der Waals surface area contributed by atoms with E-state index in [1.807, 2.05) is 43.9 Å². The normalized spacial score (nSPS) is 21.5. The van der Waals surface area contributed by atoms with Crippen LogP contribution in [0.5, 0.6) is 0 Å². The fourth-order valence-electron chi connectivity index (χ4n) is 3.72. The first-order valence-electron chi connectivity index (χ1n) is 9.64. The third-order valence-corrected chi connectivity index (χ3v) is 4.85. The number of pyridine rings is 1. The van der Waals surface area contributed by atoms with Gasteiger partial charge in [-0.05, 0) is 46.2 Å². The highest BCUT2D eigenvalue weighted by atomic mass is 16.6. The first-order valence-corrected chi connectivity index (χ1v) is 9.64. The summed E-state index contributed by atoms with van der Waals surface area (Å²) in [5.74, 6) is 0.714. The lowest BCUT2D eigenvalue weighted by Gasteiger charge is -2.35. The van der Waals surface area contributed by atoms with Crippen LogP contribution in [0.15, 0.2) is 18.2 Å². The molecule has 0 aliphatic carbocycles. The van der Waals surface area contributed by atoms with Crippen LogP contribution in [0, 0.1) is 0 Å². The Balaban J connectivity index is 1.59. The summed E-state index contributed by atoms with van der Waals surface area (Å²) in [6.07, 6.45) is 1.61. The van der Waals surface area contributed by atoms with Gasteiger partial charge < -0.3 is 19.3 Å². The van der Waals surface area contributed by atoms with Crippen molar-refractivity contribution in [2.24, 2.45) is 0 Å². The monoisotopic (exact) mass is 375 g/mol. The number of hydrogen-bond acceptors (Lipinski definition) is 6. The molecule has 1 aromatic heterocycles. The van der Waals surface area contributed by atoms with E-state index < -0.39 is 5.60 Å². The number of aromatic nitrogens is 1. The maximum absolute atomic E-state index is 12.4. The molecule has 2 unspecified atom stereocenters. The van der Waals surface area contributed by atoms with Gasteiger partial charge in [0.05, 0.1) is 25.1 Å². The summed E-state index contributed by atoms with van der Waals surface area (Å²) in [5.41, 5.74) is 0.403. The number of fused-ring (bicyclic) bond motifs is 2. The van der Waals surface area contributed by atoms with E-state index in [4.69, 9.17) is 14.5 Å². The Labute approximate surface area is 160 Å². The molecule has 27 heavy (non-hydrogen) atoms. The van der Waals surface area contributed by atoms with Gasteiger partial charge in [0.1, 0.15) is 11.4 Å². The number of nitrogens with zero attached hydrogens (tertiary/aromatic N) is 3. The van der Waals surface area contributed by atoms with E-state index in [9.17, 15) is 9.59 Å². The quantitative estimate of drug-likeness (QED) is 0.737. The second kappa shape index (κ2) is 7.74. The van der Waals surface area contributed by atoms with Crippen LogP contribution in [0.25, 0.3) is 0 Å². The number of carbonyl (C=O) groups excluding carboxylic acids is 2. The molecule has 3 heterocycles. The molecule has 7 nitrogen and oxygen atoms in total. The maximum Gasteiger partial charge on any atom is 0.410 e. The average Bonchev–Trinajstić information content (AvgIpc) is 3.20. The van der Waals surface area contributed by atoms with Gasteiger partial charge in [-0.2, -0.15) is 0 Å². The van der Waals surface area contributed by atoms with Crippen molar-refractivity contribution >= 4 is 17.9 Å². The lowest BCUT2D eigenvalue weighted by Crippen LogP contribution is -2.50. The number of likely N-dealkylation sites (tertiary alicyclic amines) is 1. The van der Waals surface area contributed by atoms with E-state index in [1.165, 1.54) is 0 Å². The van der Waals surface area contributed by atoms with Crippen molar-refractivity contribution in [3.8, 4) is 0 Å². The number of ether oxygens (including phenoxy) is 2. The molecule has 1 aromatic rings. The molecular weight excluding hydrogens is 346 g/mol. The number of amides is 1. The van der Waals surface area contributed by atoms with E-state index in [2.05, 4.69) is 4.90 Å². The minimum Gasteiger partial charge on any atom is -0.466 e. The number of esters is 1. The Hall–Kier alpha value is -2.31. The van der Waals surface area contributed by atoms with Crippen molar-refractivity contribution in [1.29, 1.82) is 0 Å². The topological polar surface area (TPSA) is 72.0 Å². The molecule has 0 radical (unpaired) electrons. The lowest BCUT2D eigenvalue weighted by molar-refractivity contribution is -0.143.